The van der Waals surface area contributed by atoms with E-state index in [2.05, 4.69) is 32.0 Å². The van der Waals surface area contributed by atoms with Gasteiger partial charge < -0.3 is 0 Å². The first kappa shape index (κ1) is 10.7. The lowest BCUT2D eigenvalue weighted by atomic mass is 10.1. The Morgan fingerprint density at radius 3 is 1.91 bits per heavy atom. The summed E-state index contributed by atoms with van der Waals surface area (Å²) in [5.41, 5.74) is 3.78. The highest BCUT2D eigenvalue weighted by Gasteiger charge is 1.92. The van der Waals surface area contributed by atoms with Crippen LogP contribution in [-0.4, -0.2) is 11.0 Å². The third kappa shape index (κ3) is 3.08. The van der Waals surface area contributed by atoms with Crippen LogP contribution in [0.1, 0.15) is 16.7 Å². The van der Waals surface area contributed by atoms with Gasteiger partial charge in [0.15, 0.2) is 0 Å². The Hall–Kier alpha value is -0.273. The summed E-state index contributed by atoms with van der Waals surface area (Å²) in [5, 5.41) is 0. The highest BCUT2D eigenvalue weighted by molar-refractivity contribution is 6.17. The number of benzene rings is 1. The fraction of sp³-hybridized carbons (Fsp3) is 0.333. The summed E-state index contributed by atoms with van der Waals surface area (Å²) in [4.78, 5) is 0. The molecule has 0 aliphatic heterocycles. The Morgan fingerprint density at radius 1 is 1.09 bits per heavy atom. The van der Waals surface area contributed by atoms with E-state index in [1.54, 1.807) is 0 Å². The van der Waals surface area contributed by atoms with Gasteiger partial charge in [0.2, 0.25) is 0 Å². The molecule has 0 amide bonds. The van der Waals surface area contributed by atoms with Crippen molar-refractivity contribution in [3.8, 4) is 0 Å². The molecule has 62 valence electrons. The lowest BCUT2D eigenvalue weighted by Crippen LogP contribution is -1.82. The summed E-state index contributed by atoms with van der Waals surface area (Å²) < 4.78 is 0. The van der Waals surface area contributed by atoms with Gasteiger partial charge in [0, 0.05) is 5.88 Å². The molecular weight excluding hydrogens is 172 g/mol. The van der Waals surface area contributed by atoms with Crippen LogP contribution in [0, 0.1) is 13.8 Å². The average molecular weight is 187 g/mol. The third-order valence-corrected chi connectivity index (χ3v) is 1.74. The second kappa shape index (κ2) is 4.57. The quantitative estimate of drug-likeness (QED) is 0.462. The molecule has 1 aromatic carbocycles. The van der Waals surface area contributed by atoms with Crippen molar-refractivity contribution in [2.24, 2.45) is 0 Å². The van der Waals surface area contributed by atoms with E-state index in [-0.39, 0.29) is 11.0 Å². The Balaban J connectivity index is 0.000001000. The molecule has 11 heavy (non-hydrogen) atoms. The number of hydrogen-bond acceptors (Lipinski definition) is 0. The van der Waals surface area contributed by atoms with E-state index >= 15 is 0 Å². The smallest absolute Gasteiger partial charge is 0.0474 e. The lowest BCUT2D eigenvalue weighted by Gasteiger charge is -1.99. The monoisotopic (exact) mass is 186 g/mol. The largest absolute Gasteiger partial charge is 0.122 e. The minimum Gasteiger partial charge on any atom is -0.122 e. The first-order valence-corrected chi connectivity index (χ1v) is 3.89. The van der Waals surface area contributed by atoms with Gasteiger partial charge in [-0.1, -0.05) is 29.3 Å². The molecule has 0 radical (unpaired) electrons. The van der Waals surface area contributed by atoms with E-state index in [0.29, 0.717) is 5.88 Å². The van der Waals surface area contributed by atoms with E-state index < -0.39 is 0 Å². The van der Waals surface area contributed by atoms with Gasteiger partial charge in [-0.05, 0) is 30.4 Å². The zero-order valence-corrected chi connectivity index (χ0v) is 7.07. The van der Waals surface area contributed by atoms with E-state index in [1.807, 2.05) is 0 Å². The maximum absolute atomic E-state index is 5.67. The van der Waals surface area contributed by atoms with Crippen LogP contribution in [0.4, 0.5) is 0 Å². The molecule has 0 bridgehead atoms. The molecule has 0 nitrogen and oxygen atoms in total. The second-order valence-corrected chi connectivity index (χ2v) is 2.90. The van der Waals surface area contributed by atoms with Crippen LogP contribution < -0.4 is 0 Å². The summed E-state index contributed by atoms with van der Waals surface area (Å²) in [6.45, 7) is 4.17. The zero-order chi connectivity index (χ0) is 7.56. The number of halogens is 1. The number of hydrogen-bond donors (Lipinski definition) is 0. The topological polar surface area (TPSA) is 0 Å². The minimum absolute atomic E-state index is 0. The molecule has 0 aliphatic carbocycles. The molecule has 0 aliphatic rings. The highest BCUT2D eigenvalue weighted by Crippen LogP contribution is 2.10. The lowest BCUT2D eigenvalue weighted by molar-refractivity contribution is 1.30. The summed E-state index contributed by atoms with van der Waals surface area (Å²) in [6, 6.07) is 6.37. The van der Waals surface area contributed by atoms with Crippen LogP contribution in [0.3, 0.4) is 0 Å². The van der Waals surface area contributed by atoms with E-state index in [4.69, 9.17) is 11.6 Å². The van der Waals surface area contributed by atoms with Gasteiger partial charge in [-0.2, -0.15) is 0 Å². The predicted molar refractivity (Wildman–Crippen MR) is 56.8 cm³/mol. The predicted octanol–water partition coefficient (Wildman–Crippen LogP) is 1.59. The summed E-state index contributed by atoms with van der Waals surface area (Å²) in [7, 11) is 0. The zero-order valence-electron chi connectivity index (χ0n) is 6.32. The molecule has 0 spiro atoms. The molecule has 1 aromatic rings. The van der Waals surface area contributed by atoms with Crippen LogP contribution in [0.15, 0.2) is 18.2 Å². The molecule has 2 heteroatoms. The van der Waals surface area contributed by atoms with Crippen LogP contribution >= 0.6 is 11.6 Å². The molecule has 0 saturated heterocycles. The average Bonchev–Trinajstić information content (AvgIpc) is 1.85. The number of aryl methyl sites for hydroxylation is 2. The molecule has 0 saturated carbocycles. The van der Waals surface area contributed by atoms with Gasteiger partial charge in [0.25, 0.3) is 0 Å². The van der Waals surface area contributed by atoms with E-state index in [9.17, 15) is 0 Å². The summed E-state index contributed by atoms with van der Waals surface area (Å²) in [6.07, 6.45) is 0. The fourth-order valence-electron chi connectivity index (χ4n) is 1.15. The van der Waals surface area contributed by atoms with Gasteiger partial charge in [-0.15, -0.1) is 11.6 Å². The summed E-state index contributed by atoms with van der Waals surface area (Å²) >= 11 is 5.67. The fourth-order valence-corrected chi connectivity index (χ4v) is 1.30. The first-order valence-electron chi connectivity index (χ1n) is 3.35. The van der Waals surface area contributed by atoms with Crippen molar-refractivity contribution in [2.45, 2.75) is 19.7 Å². The van der Waals surface area contributed by atoms with E-state index in [0.717, 1.165) is 0 Å². The van der Waals surface area contributed by atoms with Gasteiger partial charge >= 0.3 is 0 Å². The third-order valence-electron chi connectivity index (χ3n) is 1.44. The van der Waals surface area contributed by atoms with Gasteiger partial charge in [0.1, 0.15) is 0 Å². The van der Waals surface area contributed by atoms with Crippen molar-refractivity contribution < 1.29 is 0 Å². The molecule has 0 heterocycles. The molecule has 0 unspecified atom stereocenters. The standard InChI is InChI=1S/C9H11Cl.H4Si/c1-7-3-8(2)5-9(4-7)6-10;/h3-5H,6H2,1-2H3;1H4. The van der Waals surface area contributed by atoms with Crippen LogP contribution in [0.5, 0.6) is 0 Å². The Bertz CT molecular complexity index is 213. The number of alkyl halides is 1. The van der Waals surface area contributed by atoms with Crippen LogP contribution in [0.2, 0.25) is 0 Å². The number of rotatable bonds is 1. The Morgan fingerprint density at radius 2 is 1.55 bits per heavy atom. The normalized spacial score (nSPS) is 9.00. The Labute approximate surface area is 77.6 Å². The van der Waals surface area contributed by atoms with Crippen LogP contribution in [0.25, 0.3) is 0 Å². The van der Waals surface area contributed by atoms with Gasteiger partial charge in [0.05, 0.1) is 0 Å². The van der Waals surface area contributed by atoms with Gasteiger partial charge in [-0.3, -0.25) is 0 Å². The second-order valence-electron chi connectivity index (χ2n) is 2.63. The van der Waals surface area contributed by atoms with Crippen LogP contribution in [-0.2, 0) is 5.88 Å². The maximum atomic E-state index is 5.67. The maximum Gasteiger partial charge on any atom is 0.0474 e. The van der Waals surface area contributed by atoms with Crippen molar-refractivity contribution in [2.75, 3.05) is 0 Å². The summed E-state index contributed by atoms with van der Waals surface area (Å²) in [5.74, 6) is 0.614. The molecule has 0 atom stereocenters. The first-order chi connectivity index (χ1) is 4.72. The SMILES string of the molecule is Cc1cc(C)cc(CCl)c1.[SiH4]. The minimum atomic E-state index is 0. The van der Waals surface area contributed by atoms with Crippen molar-refractivity contribution >= 4 is 22.6 Å². The van der Waals surface area contributed by atoms with Gasteiger partial charge in [-0.25, -0.2) is 0 Å². The highest BCUT2D eigenvalue weighted by atomic mass is 35.5. The van der Waals surface area contributed by atoms with E-state index in [1.165, 1.54) is 16.7 Å². The molecule has 0 aromatic heterocycles. The van der Waals surface area contributed by atoms with Crippen molar-refractivity contribution in [1.29, 1.82) is 0 Å². The van der Waals surface area contributed by atoms with Crippen molar-refractivity contribution in [3.63, 3.8) is 0 Å². The molecule has 1 rings (SSSR count). The molecular formula is C9H15ClSi. The van der Waals surface area contributed by atoms with Crippen molar-refractivity contribution in [1.82, 2.24) is 0 Å². The van der Waals surface area contributed by atoms with Crippen molar-refractivity contribution in [3.05, 3.63) is 34.9 Å². The molecule has 0 N–H and O–H groups in total. The Kier molecular flexibility index (Phi) is 4.46. The molecule has 0 fully saturated rings.